The zero-order chi connectivity index (χ0) is 18.9. The van der Waals surface area contributed by atoms with Crippen LogP contribution in [-0.4, -0.2) is 33.7 Å². The molecule has 0 bridgehead atoms. The molecule has 0 aliphatic carbocycles. The minimum absolute atomic E-state index is 0.121. The molecule has 1 heterocycles. The van der Waals surface area contributed by atoms with Gasteiger partial charge in [-0.1, -0.05) is 29.3 Å². The van der Waals surface area contributed by atoms with E-state index in [0.717, 1.165) is 31.3 Å². The zero-order valence-electron chi connectivity index (χ0n) is 14.8. The third-order valence-corrected chi connectivity index (χ3v) is 5.86. The fraction of sp³-hybridized carbons (Fsp3) is 0.316. The Hall–Kier alpha value is -2.05. The monoisotopic (exact) mass is 392 g/mol. The lowest BCUT2D eigenvalue weighted by Gasteiger charge is -2.31. The summed E-state index contributed by atoms with van der Waals surface area (Å²) in [5, 5.41) is 3.04. The largest absolute Gasteiger partial charge is 0.362 e. The smallest absolute Gasteiger partial charge is 0.243 e. The lowest BCUT2D eigenvalue weighted by atomic mass is 9.99. The van der Waals surface area contributed by atoms with E-state index in [0.29, 0.717) is 10.7 Å². The first-order chi connectivity index (χ1) is 12.2. The minimum Gasteiger partial charge on any atom is -0.362 e. The molecule has 0 saturated carbocycles. The van der Waals surface area contributed by atoms with Crippen LogP contribution in [0.2, 0.25) is 5.02 Å². The molecule has 1 N–H and O–H groups in total. The molecule has 0 atom stereocenters. The Morgan fingerprint density at radius 1 is 1.23 bits per heavy atom. The molecule has 0 saturated heterocycles. The van der Waals surface area contributed by atoms with Crippen molar-refractivity contribution in [2.24, 2.45) is 0 Å². The highest BCUT2D eigenvalue weighted by molar-refractivity contribution is 7.90. The Balaban J connectivity index is 1.77. The second-order valence-corrected chi connectivity index (χ2v) is 9.04. The zero-order valence-corrected chi connectivity index (χ0v) is 16.3. The molecule has 2 aromatic rings. The molecular weight excluding hydrogens is 372 g/mol. The Kier molecular flexibility index (Phi) is 5.25. The van der Waals surface area contributed by atoms with E-state index in [1.54, 1.807) is 0 Å². The molecule has 0 fully saturated rings. The fourth-order valence-electron chi connectivity index (χ4n) is 3.16. The molecule has 2 aromatic carbocycles. The molecule has 26 heavy (non-hydrogen) atoms. The number of benzene rings is 2. The fourth-order valence-corrected chi connectivity index (χ4v) is 3.97. The number of sulfone groups is 1. The van der Waals surface area contributed by atoms with Gasteiger partial charge in [-0.05, 0) is 49.6 Å². The predicted molar refractivity (Wildman–Crippen MR) is 105 cm³/mol. The van der Waals surface area contributed by atoms with E-state index < -0.39 is 9.84 Å². The molecule has 0 unspecified atom stereocenters. The number of anilines is 2. The highest BCUT2D eigenvalue weighted by Crippen LogP contribution is 2.29. The quantitative estimate of drug-likeness (QED) is 0.865. The summed E-state index contributed by atoms with van der Waals surface area (Å²) in [5.74, 6) is -0.231. The Bertz CT molecular complexity index is 957. The van der Waals surface area contributed by atoms with Gasteiger partial charge >= 0.3 is 0 Å². The van der Waals surface area contributed by atoms with Crippen molar-refractivity contribution in [3.05, 3.63) is 52.5 Å². The average Bonchev–Trinajstić information content (AvgIpc) is 2.55. The van der Waals surface area contributed by atoms with E-state index in [1.165, 1.54) is 29.3 Å². The predicted octanol–water partition coefficient (Wildman–Crippen LogP) is 3.44. The maximum atomic E-state index is 12.5. The van der Waals surface area contributed by atoms with E-state index >= 15 is 0 Å². The number of carbonyl (C=O) groups is 1. The summed E-state index contributed by atoms with van der Waals surface area (Å²) < 4.78 is 23.4. The number of halogens is 1. The standard InChI is InChI=1S/C19H21ClN2O3S/c1-13-5-8-18-14(10-13)4-3-9-22(18)12-19(23)21-17-11-15(26(2,24)25)6-7-16(17)20/h5-8,10-11H,3-4,9,12H2,1-2H3,(H,21,23). The summed E-state index contributed by atoms with van der Waals surface area (Å²) in [7, 11) is -3.37. The summed E-state index contributed by atoms with van der Waals surface area (Å²) in [6, 6.07) is 10.5. The van der Waals surface area contributed by atoms with Crippen molar-refractivity contribution < 1.29 is 13.2 Å². The number of carbonyl (C=O) groups excluding carboxylic acids is 1. The number of rotatable bonds is 4. The molecule has 1 aliphatic rings. The van der Waals surface area contributed by atoms with Crippen LogP contribution in [0, 0.1) is 6.92 Å². The lowest BCUT2D eigenvalue weighted by Crippen LogP contribution is -2.36. The number of nitrogens with one attached hydrogen (secondary N) is 1. The van der Waals surface area contributed by atoms with Gasteiger partial charge < -0.3 is 10.2 Å². The van der Waals surface area contributed by atoms with Crippen LogP contribution in [0.5, 0.6) is 0 Å². The molecule has 0 spiro atoms. The number of fused-ring (bicyclic) bond motifs is 1. The van der Waals surface area contributed by atoms with Crippen LogP contribution in [0.1, 0.15) is 17.5 Å². The summed E-state index contributed by atoms with van der Waals surface area (Å²) in [6.07, 6.45) is 3.12. The SMILES string of the molecule is Cc1ccc2c(c1)CCCN2CC(=O)Nc1cc(S(C)(=O)=O)ccc1Cl. The van der Waals surface area contributed by atoms with E-state index in [4.69, 9.17) is 11.6 Å². The second-order valence-electron chi connectivity index (χ2n) is 6.62. The lowest BCUT2D eigenvalue weighted by molar-refractivity contribution is -0.115. The maximum absolute atomic E-state index is 12.5. The Labute approximate surface area is 158 Å². The van der Waals surface area contributed by atoms with E-state index in [2.05, 4.69) is 18.3 Å². The molecule has 138 valence electrons. The van der Waals surface area contributed by atoms with Crippen molar-refractivity contribution in [2.75, 3.05) is 29.6 Å². The highest BCUT2D eigenvalue weighted by atomic mass is 35.5. The number of nitrogens with zero attached hydrogens (tertiary/aromatic N) is 1. The van der Waals surface area contributed by atoms with E-state index in [9.17, 15) is 13.2 Å². The number of amides is 1. The van der Waals surface area contributed by atoms with Crippen LogP contribution in [0.15, 0.2) is 41.3 Å². The third kappa shape index (κ3) is 4.19. The van der Waals surface area contributed by atoms with Crippen LogP contribution in [0.4, 0.5) is 11.4 Å². The normalized spacial score (nSPS) is 14.0. The van der Waals surface area contributed by atoms with Crippen molar-refractivity contribution >= 4 is 38.7 Å². The highest BCUT2D eigenvalue weighted by Gasteiger charge is 2.20. The van der Waals surface area contributed by atoms with Gasteiger partial charge in [0.1, 0.15) is 0 Å². The topological polar surface area (TPSA) is 66.5 Å². The number of hydrogen-bond donors (Lipinski definition) is 1. The molecule has 1 aliphatic heterocycles. The van der Waals surface area contributed by atoms with Crippen molar-refractivity contribution in [3.63, 3.8) is 0 Å². The molecule has 5 nitrogen and oxygen atoms in total. The Morgan fingerprint density at radius 3 is 2.73 bits per heavy atom. The first-order valence-electron chi connectivity index (χ1n) is 8.38. The molecular formula is C19H21ClN2O3S. The second kappa shape index (κ2) is 7.29. The van der Waals surface area contributed by atoms with E-state index in [1.807, 2.05) is 17.0 Å². The first-order valence-corrected chi connectivity index (χ1v) is 10.6. The molecule has 1 amide bonds. The van der Waals surface area contributed by atoms with Crippen LogP contribution >= 0.6 is 11.6 Å². The number of aryl methyl sites for hydroxylation is 2. The van der Waals surface area contributed by atoms with Gasteiger partial charge in [0, 0.05) is 18.5 Å². The van der Waals surface area contributed by atoms with Gasteiger partial charge in [-0.25, -0.2) is 8.42 Å². The Morgan fingerprint density at radius 2 is 2.00 bits per heavy atom. The molecule has 0 aromatic heterocycles. The van der Waals surface area contributed by atoms with E-state index in [-0.39, 0.29) is 17.3 Å². The van der Waals surface area contributed by atoms with Gasteiger partial charge in [0.05, 0.1) is 22.2 Å². The average molecular weight is 393 g/mol. The van der Waals surface area contributed by atoms with Gasteiger partial charge in [0.2, 0.25) is 5.91 Å². The van der Waals surface area contributed by atoms with Gasteiger partial charge in [0.25, 0.3) is 0 Å². The molecule has 0 radical (unpaired) electrons. The minimum atomic E-state index is -3.37. The van der Waals surface area contributed by atoms with Crippen LogP contribution < -0.4 is 10.2 Å². The summed E-state index contributed by atoms with van der Waals surface area (Å²) in [6.45, 7) is 3.05. The summed E-state index contributed by atoms with van der Waals surface area (Å²) in [4.78, 5) is 14.7. The van der Waals surface area contributed by atoms with Crippen LogP contribution in [0.3, 0.4) is 0 Å². The number of hydrogen-bond acceptors (Lipinski definition) is 4. The van der Waals surface area contributed by atoms with Gasteiger partial charge in [-0.2, -0.15) is 0 Å². The summed E-state index contributed by atoms with van der Waals surface area (Å²) in [5.41, 5.74) is 3.84. The summed E-state index contributed by atoms with van der Waals surface area (Å²) >= 11 is 6.11. The van der Waals surface area contributed by atoms with Crippen molar-refractivity contribution in [3.8, 4) is 0 Å². The van der Waals surface area contributed by atoms with Crippen molar-refractivity contribution in [1.82, 2.24) is 0 Å². The third-order valence-electron chi connectivity index (χ3n) is 4.42. The van der Waals surface area contributed by atoms with Gasteiger partial charge in [0.15, 0.2) is 9.84 Å². The molecule has 3 rings (SSSR count). The maximum Gasteiger partial charge on any atom is 0.243 e. The van der Waals surface area contributed by atoms with Gasteiger partial charge in [-0.15, -0.1) is 0 Å². The van der Waals surface area contributed by atoms with Crippen LogP contribution in [0.25, 0.3) is 0 Å². The van der Waals surface area contributed by atoms with Gasteiger partial charge in [-0.3, -0.25) is 4.79 Å². The van der Waals surface area contributed by atoms with Crippen molar-refractivity contribution in [1.29, 1.82) is 0 Å². The van der Waals surface area contributed by atoms with Crippen molar-refractivity contribution in [2.45, 2.75) is 24.7 Å². The van der Waals surface area contributed by atoms with Crippen LogP contribution in [-0.2, 0) is 21.1 Å². The molecule has 7 heteroatoms. The first kappa shape index (κ1) is 18.7.